The molecule has 36 heavy (non-hydrogen) atoms. The zero-order chi connectivity index (χ0) is 25.2. The van der Waals surface area contributed by atoms with Crippen LogP contribution >= 0.6 is 0 Å². The van der Waals surface area contributed by atoms with Crippen molar-refractivity contribution in [2.24, 2.45) is 0 Å². The van der Waals surface area contributed by atoms with E-state index < -0.39 is 11.9 Å². The number of carbonyl (C=O) groups excluding carboxylic acids is 3. The third-order valence-corrected chi connectivity index (χ3v) is 5.83. The van der Waals surface area contributed by atoms with Crippen LogP contribution in [0.1, 0.15) is 38.0 Å². The minimum absolute atomic E-state index is 0.0599. The summed E-state index contributed by atoms with van der Waals surface area (Å²) in [5.41, 5.74) is 7.83. The third-order valence-electron chi connectivity index (χ3n) is 5.83. The molecule has 5 rings (SSSR count). The molecule has 0 aliphatic heterocycles. The minimum Gasteiger partial charge on any atom is -0.423 e. The van der Waals surface area contributed by atoms with Gasteiger partial charge < -0.3 is 15.2 Å². The molecule has 0 aromatic heterocycles. The van der Waals surface area contributed by atoms with Gasteiger partial charge in [0.2, 0.25) is 0 Å². The highest BCUT2D eigenvalue weighted by Gasteiger charge is 2.13. The molecule has 0 radical (unpaired) electrons. The second kappa shape index (κ2) is 9.35. The van der Waals surface area contributed by atoms with Crippen LogP contribution in [0.15, 0.2) is 97.1 Å². The Bertz CT molecular complexity index is 1650. The number of fused-ring (bicyclic) bond motifs is 2. The number of carbonyl (C=O) groups is 3. The minimum atomic E-state index is -0.513. The smallest absolute Gasteiger partial charge is 0.343 e. The fraction of sp³-hybridized carbons (Fsp3) is 0.0333. The van der Waals surface area contributed by atoms with E-state index in [1.807, 2.05) is 18.2 Å². The molecule has 176 valence electrons. The molecule has 5 aromatic carbocycles. The van der Waals surface area contributed by atoms with Crippen molar-refractivity contribution in [3.05, 3.63) is 114 Å². The predicted molar refractivity (Wildman–Crippen MR) is 139 cm³/mol. The first-order valence-corrected chi connectivity index (χ1v) is 11.2. The van der Waals surface area contributed by atoms with Crippen molar-refractivity contribution in [1.29, 1.82) is 0 Å². The maximum Gasteiger partial charge on any atom is 0.343 e. The molecular formula is C30H21NO5. The summed E-state index contributed by atoms with van der Waals surface area (Å²) in [5, 5.41) is 3.43. The average molecular weight is 476 g/mol. The number of nitrogens with two attached hydrogens (primary N) is 1. The molecule has 6 nitrogen and oxygen atoms in total. The van der Waals surface area contributed by atoms with Crippen LogP contribution in [0.3, 0.4) is 0 Å². The molecule has 5 aromatic rings. The number of ketones is 1. The van der Waals surface area contributed by atoms with Gasteiger partial charge in [0.15, 0.2) is 5.78 Å². The van der Waals surface area contributed by atoms with Crippen molar-refractivity contribution in [3.8, 4) is 11.5 Å². The van der Waals surface area contributed by atoms with Gasteiger partial charge in [-0.15, -0.1) is 0 Å². The van der Waals surface area contributed by atoms with Crippen LogP contribution in [0.2, 0.25) is 0 Å². The number of benzene rings is 5. The number of rotatable bonds is 5. The molecule has 0 aliphatic rings. The topological polar surface area (TPSA) is 95.7 Å². The van der Waals surface area contributed by atoms with E-state index in [-0.39, 0.29) is 5.78 Å². The SMILES string of the molecule is CC(=O)c1ccc(OC(=O)c2ccc3cc(OC(=O)c4ccc5cc(N)ccc5c4)ccc3c2)cc1. The van der Waals surface area contributed by atoms with Crippen LogP contribution in [-0.2, 0) is 0 Å². The highest BCUT2D eigenvalue weighted by atomic mass is 16.5. The summed E-state index contributed by atoms with van der Waals surface area (Å²) in [6.07, 6.45) is 0. The van der Waals surface area contributed by atoms with Crippen molar-refractivity contribution in [2.45, 2.75) is 6.92 Å². The van der Waals surface area contributed by atoms with Crippen LogP contribution in [0, 0.1) is 0 Å². The molecule has 0 spiro atoms. The summed E-state index contributed by atoms with van der Waals surface area (Å²) >= 11 is 0. The Labute approximate surface area is 206 Å². The molecular weight excluding hydrogens is 454 g/mol. The Morgan fingerprint density at radius 3 is 1.58 bits per heavy atom. The standard InChI is InChI=1S/C30H21NO5/c1-18(32)19-7-11-27(12-8-19)35-29(33)24-5-3-23-17-28(13-9-21(23)15-24)36-30(34)25-4-2-22-16-26(31)10-6-20(22)14-25/h2-17H,31H2,1H3. The average Bonchev–Trinajstić information content (AvgIpc) is 2.88. The monoisotopic (exact) mass is 475 g/mol. The first kappa shape index (κ1) is 22.8. The third kappa shape index (κ3) is 4.79. The van der Waals surface area contributed by atoms with E-state index in [2.05, 4.69) is 0 Å². The number of Topliss-reactive ketones (excluding diaryl/α,β-unsaturated/α-hetero) is 1. The Morgan fingerprint density at radius 2 is 0.972 bits per heavy atom. The summed E-state index contributed by atoms with van der Waals surface area (Å²) in [4.78, 5) is 36.7. The molecule has 0 atom stereocenters. The molecule has 0 saturated carbocycles. The second-order valence-electron chi connectivity index (χ2n) is 8.40. The number of nitrogen functional groups attached to an aromatic ring is 1. The van der Waals surface area contributed by atoms with Crippen molar-refractivity contribution in [2.75, 3.05) is 5.73 Å². The van der Waals surface area contributed by atoms with Gasteiger partial charge in [-0.2, -0.15) is 0 Å². The van der Waals surface area contributed by atoms with Crippen molar-refractivity contribution in [1.82, 2.24) is 0 Å². The molecule has 2 N–H and O–H groups in total. The van der Waals surface area contributed by atoms with E-state index >= 15 is 0 Å². The van der Waals surface area contributed by atoms with Crippen LogP contribution in [0.5, 0.6) is 11.5 Å². The lowest BCUT2D eigenvalue weighted by atomic mass is 10.1. The van der Waals surface area contributed by atoms with Gasteiger partial charge in [0.1, 0.15) is 11.5 Å². The van der Waals surface area contributed by atoms with Gasteiger partial charge in [-0.25, -0.2) is 9.59 Å². The molecule has 0 fully saturated rings. The first-order chi connectivity index (χ1) is 17.4. The quantitative estimate of drug-likeness (QED) is 0.140. The van der Waals surface area contributed by atoms with Crippen molar-refractivity contribution < 1.29 is 23.9 Å². The zero-order valence-electron chi connectivity index (χ0n) is 19.4. The molecule has 0 amide bonds. The number of hydrogen-bond acceptors (Lipinski definition) is 6. The first-order valence-electron chi connectivity index (χ1n) is 11.2. The fourth-order valence-corrected chi connectivity index (χ4v) is 3.90. The molecule has 0 bridgehead atoms. The summed E-state index contributed by atoms with van der Waals surface area (Å²) in [6, 6.07) is 27.5. The van der Waals surface area contributed by atoms with Gasteiger partial charge >= 0.3 is 11.9 Å². The van der Waals surface area contributed by atoms with Crippen LogP contribution in [-0.4, -0.2) is 17.7 Å². The molecule has 0 heterocycles. The van der Waals surface area contributed by atoms with Crippen molar-refractivity contribution >= 4 is 45.0 Å². The Kier molecular flexibility index (Phi) is 5.92. The Morgan fingerprint density at radius 1 is 0.528 bits per heavy atom. The fourth-order valence-electron chi connectivity index (χ4n) is 3.90. The predicted octanol–water partition coefficient (Wildman–Crippen LogP) is 6.22. The van der Waals surface area contributed by atoms with E-state index in [1.165, 1.54) is 6.92 Å². The lowest BCUT2D eigenvalue weighted by Gasteiger charge is -2.09. The number of ether oxygens (including phenoxy) is 2. The molecule has 0 unspecified atom stereocenters. The lowest BCUT2D eigenvalue weighted by molar-refractivity contribution is 0.0726. The molecule has 0 saturated heterocycles. The van der Waals surface area contributed by atoms with E-state index in [4.69, 9.17) is 15.2 Å². The van der Waals surface area contributed by atoms with Gasteiger partial charge in [0.05, 0.1) is 11.1 Å². The Hall–Kier alpha value is -4.97. The highest BCUT2D eigenvalue weighted by molar-refractivity contribution is 5.99. The van der Waals surface area contributed by atoms with Crippen molar-refractivity contribution in [3.63, 3.8) is 0 Å². The van der Waals surface area contributed by atoms with E-state index in [9.17, 15) is 14.4 Å². The zero-order valence-corrected chi connectivity index (χ0v) is 19.4. The number of hydrogen-bond donors (Lipinski definition) is 1. The summed E-state index contributed by atoms with van der Waals surface area (Å²) in [5.74, 6) is -0.296. The van der Waals surface area contributed by atoms with E-state index in [0.717, 1.165) is 21.5 Å². The summed E-state index contributed by atoms with van der Waals surface area (Å²) < 4.78 is 11.0. The van der Waals surface area contributed by atoms with Gasteiger partial charge in [0, 0.05) is 11.3 Å². The molecule has 0 aliphatic carbocycles. The van der Waals surface area contributed by atoms with E-state index in [1.54, 1.807) is 78.9 Å². The normalized spacial score (nSPS) is 10.8. The van der Waals surface area contributed by atoms with Crippen LogP contribution in [0.25, 0.3) is 21.5 Å². The molecule has 6 heteroatoms. The second-order valence-corrected chi connectivity index (χ2v) is 8.40. The summed E-state index contributed by atoms with van der Waals surface area (Å²) in [7, 11) is 0. The summed E-state index contributed by atoms with van der Waals surface area (Å²) in [6.45, 7) is 1.47. The van der Waals surface area contributed by atoms with E-state index in [0.29, 0.717) is 33.9 Å². The Balaban J connectivity index is 1.30. The lowest BCUT2D eigenvalue weighted by Crippen LogP contribution is -2.09. The number of anilines is 1. The maximum atomic E-state index is 12.7. The van der Waals surface area contributed by atoms with Gasteiger partial charge in [-0.1, -0.05) is 24.3 Å². The van der Waals surface area contributed by atoms with Crippen LogP contribution in [0.4, 0.5) is 5.69 Å². The highest BCUT2D eigenvalue weighted by Crippen LogP contribution is 2.25. The van der Waals surface area contributed by atoms with Gasteiger partial charge in [0.25, 0.3) is 0 Å². The van der Waals surface area contributed by atoms with Gasteiger partial charge in [-0.05, 0) is 101 Å². The largest absolute Gasteiger partial charge is 0.423 e. The van der Waals surface area contributed by atoms with Gasteiger partial charge in [-0.3, -0.25) is 4.79 Å². The maximum absolute atomic E-state index is 12.7. The number of esters is 2. The van der Waals surface area contributed by atoms with Crippen LogP contribution < -0.4 is 15.2 Å².